The van der Waals surface area contributed by atoms with Gasteiger partial charge in [0.1, 0.15) is 0 Å². The van der Waals surface area contributed by atoms with Crippen molar-refractivity contribution in [3.8, 4) is 0 Å². The van der Waals surface area contributed by atoms with Crippen LogP contribution in [0.4, 0.5) is 5.69 Å². The summed E-state index contributed by atoms with van der Waals surface area (Å²) in [6.07, 6.45) is 3.58. The van der Waals surface area contributed by atoms with Crippen LogP contribution in [0.15, 0.2) is 42.5 Å². The van der Waals surface area contributed by atoms with Crippen LogP contribution in [0.5, 0.6) is 0 Å². The highest BCUT2D eigenvalue weighted by atomic mass is 16.3. The topological polar surface area (TPSA) is 67.8 Å². The predicted octanol–water partition coefficient (Wildman–Crippen LogP) is 2.27. The Morgan fingerprint density at radius 1 is 1.00 bits per heavy atom. The van der Waals surface area contributed by atoms with Gasteiger partial charge in [0.15, 0.2) is 0 Å². The number of benzene rings is 2. The molecule has 0 bridgehead atoms. The fourth-order valence-corrected chi connectivity index (χ4v) is 5.32. The lowest BCUT2D eigenvalue weighted by Gasteiger charge is -2.34. The van der Waals surface area contributed by atoms with Crippen LogP contribution in [0.25, 0.3) is 0 Å². The molecule has 1 atom stereocenters. The van der Waals surface area contributed by atoms with Crippen molar-refractivity contribution in [1.29, 1.82) is 0 Å². The highest BCUT2D eigenvalue weighted by Gasteiger charge is 2.27. The SMILES string of the molecule is O=C1c2ccc(NC3CCNCC3)cc2CCN1CC(O)CN1CCc2ccccc2C1. The molecule has 0 aliphatic carbocycles. The Kier molecular flexibility index (Phi) is 6.44. The van der Waals surface area contributed by atoms with Crippen molar-refractivity contribution >= 4 is 11.6 Å². The lowest BCUT2D eigenvalue weighted by molar-refractivity contribution is 0.0493. The number of nitrogens with one attached hydrogen (secondary N) is 2. The quantitative estimate of drug-likeness (QED) is 0.651. The molecule has 1 amide bonds. The summed E-state index contributed by atoms with van der Waals surface area (Å²) >= 11 is 0. The van der Waals surface area contributed by atoms with Gasteiger partial charge in [-0.15, -0.1) is 0 Å². The number of hydrogen-bond acceptors (Lipinski definition) is 5. The van der Waals surface area contributed by atoms with Gasteiger partial charge in [-0.3, -0.25) is 9.69 Å². The van der Waals surface area contributed by atoms with Gasteiger partial charge in [-0.25, -0.2) is 0 Å². The Labute approximate surface area is 190 Å². The van der Waals surface area contributed by atoms with E-state index in [4.69, 9.17) is 0 Å². The van der Waals surface area contributed by atoms with E-state index >= 15 is 0 Å². The average Bonchev–Trinajstić information content (AvgIpc) is 2.81. The average molecular weight is 435 g/mol. The van der Waals surface area contributed by atoms with Crippen LogP contribution in [-0.4, -0.2) is 72.2 Å². The van der Waals surface area contributed by atoms with E-state index in [1.54, 1.807) is 0 Å². The van der Waals surface area contributed by atoms with Crippen molar-refractivity contribution < 1.29 is 9.90 Å². The number of β-amino-alcohol motifs (C(OH)–C–C–N with tert-alkyl or cyclic N) is 1. The van der Waals surface area contributed by atoms with E-state index in [9.17, 15) is 9.90 Å². The third kappa shape index (κ3) is 4.82. The first-order valence-corrected chi connectivity index (χ1v) is 12.0. The molecule has 32 heavy (non-hydrogen) atoms. The minimum atomic E-state index is -0.536. The summed E-state index contributed by atoms with van der Waals surface area (Å²) in [4.78, 5) is 17.2. The number of piperidine rings is 1. The zero-order valence-corrected chi connectivity index (χ0v) is 18.7. The lowest BCUT2D eigenvalue weighted by atomic mass is 9.97. The summed E-state index contributed by atoms with van der Waals surface area (Å²) in [5, 5.41) is 17.8. The summed E-state index contributed by atoms with van der Waals surface area (Å²) in [6, 6.07) is 15.2. The third-order valence-electron chi connectivity index (χ3n) is 7.09. The number of carbonyl (C=O) groups excluding carboxylic acids is 1. The summed E-state index contributed by atoms with van der Waals surface area (Å²) in [6.45, 7) is 5.61. The van der Waals surface area contributed by atoms with Crippen LogP contribution < -0.4 is 10.6 Å². The molecule has 0 saturated carbocycles. The molecule has 5 rings (SSSR count). The molecule has 3 aliphatic rings. The zero-order valence-electron chi connectivity index (χ0n) is 18.7. The van der Waals surface area contributed by atoms with Crippen LogP contribution in [0.2, 0.25) is 0 Å². The van der Waals surface area contributed by atoms with Crippen LogP contribution in [-0.2, 0) is 19.4 Å². The van der Waals surface area contributed by atoms with Crippen LogP contribution >= 0.6 is 0 Å². The second-order valence-corrected chi connectivity index (χ2v) is 9.45. The summed E-state index contributed by atoms with van der Waals surface area (Å²) in [5.74, 6) is 0.0442. The maximum atomic E-state index is 13.1. The molecule has 6 heteroatoms. The maximum Gasteiger partial charge on any atom is 0.254 e. The van der Waals surface area contributed by atoms with E-state index in [0.29, 0.717) is 25.7 Å². The summed E-state index contributed by atoms with van der Waals surface area (Å²) < 4.78 is 0. The lowest BCUT2D eigenvalue weighted by Crippen LogP contribution is -2.46. The Morgan fingerprint density at radius 3 is 2.62 bits per heavy atom. The Bertz CT molecular complexity index is 957. The molecule has 3 heterocycles. The number of hydrogen-bond donors (Lipinski definition) is 3. The molecule has 0 radical (unpaired) electrons. The molecule has 2 aromatic carbocycles. The number of rotatable bonds is 6. The Hall–Kier alpha value is -2.41. The second kappa shape index (κ2) is 9.61. The number of amides is 1. The number of fused-ring (bicyclic) bond motifs is 2. The number of carbonyl (C=O) groups is 1. The largest absolute Gasteiger partial charge is 0.390 e. The minimum absolute atomic E-state index is 0.0442. The van der Waals surface area contributed by atoms with Gasteiger partial charge in [-0.05, 0) is 73.7 Å². The second-order valence-electron chi connectivity index (χ2n) is 9.45. The van der Waals surface area contributed by atoms with Gasteiger partial charge in [0, 0.05) is 50.0 Å². The van der Waals surface area contributed by atoms with Gasteiger partial charge in [0.2, 0.25) is 0 Å². The van der Waals surface area contributed by atoms with Gasteiger partial charge in [-0.2, -0.15) is 0 Å². The normalized spacial score (nSPS) is 20.5. The van der Waals surface area contributed by atoms with Crippen molar-refractivity contribution in [3.63, 3.8) is 0 Å². The number of aliphatic hydroxyl groups excluding tert-OH is 1. The highest BCUT2D eigenvalue weighted by molar-refractivity contribution is 5.97. The monoisotopic (exact) mass is 434 g/mol. The molecule has 3 aliphatic heterocycles. The molecular formula is C26H34N4O2. The maximum absolute atomic E-state index is 13.1. The van der Waals surface area contributed by atoms with Crippen molar-refractivity contribution in [2.24, 2.45) is 0 Å². The van der Waals surface area contributed by atoms with Gasteiger partial charge in [-0.1, -0.05) is 24.3 Å². The number of aliphatic hydroxyl groups is 1. The van der Waals surface area contributed by atoms with E-state index in [0.717, 1.165) is 68.7 Å². The van der Waals surface area contributed by atoms with Gasteiger partial charge in [0.25, 0.3) is 5.91 Å². The first-order chi connectivity index (χ1) is 15.7. The van der Waals surface area contributed by atoms with E-state index in [1.807, 2.05) is 17.0 Å². The van der Waals surface area contributed by atoms with Gasteiger partial charge >= 0.3 is 0 Å². The van der Waals surface area contributed by atoms with Crippen LogP contribution in [0.1, 0.15) is 39.9 Å². The molecule has 6 nitrogen and oxygen atoms in total. The highest BCUT2D eigenvalue weighted by Crippen LogP contribution is 2.25. The molecule has 1 unspecified atom stereocenters. The smallest absolute Gasteiger partial charge is 0.254 e. The van der Waals surface area contributed by atoms with Crippen molar-refractivity contribution in [2.45, 2.75) is 44.4 Å². The van der Waals surface area contributed by atoms with E-state index in [1.165, 1.54) is 11.1 Å². The van der Waals surface area contributed by atoms with Gasteiger partial charge < -0.3 is 20.6 Å². The summed E-state index contributed by atoms with van der Waals surface area (Å²) in [7, 11) is 0. The van der Waals surface area contributed by atoms with Crippen molar-refractivity contribution in [1.82, 2.24) is 15.1 Å². The van der Waals surface area contributed by atoms with Gasteiger partial charge in [0.05, 0.1) is 6.10 Å². The zero-order chi connectivity index (χ0) is 21.9. The minimum Gasteiger partial charge on any atom is -0.390 e. The first kappa shape index (κ1) is 21.4. The number of nitrogens with zero attached hydrogens (tertiary/aromatic N) is 2. The van der Waals surface area contributed by atoms with Crippen molar-refractivity contribution in [2.75, 3.05) is 44.6 Å². The molecule has 2 aromatic rings. The molecule has 0 spiro atoms. The molecule has 170 valence electrons. The molecule has 1 fully saturated rings. The molecular weight excluding hydrogens is 400 g/mol. The summed E-state index contributed by atoms with van der Waals surface area (Å²) in [5.41, 5.74) is 5.78. The Morgan fingerprint density at radius 2 is 1.78 bits per heavy atom. The molecule has 1 saturated heterocycles. The molecule has 3 N–H and O–H groups in total. The van der Waals surface area contributed by atoms with E-state index in [-0.39, 0.29) is 5.91 Å². The first-order valence-electron chi connectivity index (χ1n) is 12.0. The van der Waals surface area contributed by atoms with Crippen molar-refractivity contribution in [3.05, 3.63) is 64.7 Å². The third-order valence-corrected chi connectivity index (χ3v) is 7.09. The van der Waals surface area contributed by atoms with E-state index in [2.05, 4.69) is 45.9 Å². The van der Waals surface area contributed by atoms with E-state index < -0.39 is 6.10 Å². The predicted molar refractivity (Wildman–Crippen MR) is 127 cm³/mol. The molecule has 0 aromatic heterocycles. The Balaban J connectivity index is 1.16. The number of anilines is 1. The standard InChI is InChI=1S/C26H34N4O2/c31-24(17-29-13-9-19-3-1-2-4-21(19)16-29)18-30-14-10-20-15-23(5-6-25(20)26(30)32)28-22-7-11-27-12-8-22/h1-6,15,22,24,27-28,31H,7-14,16-18H2. The fraction of sp³-hybridized carbons (Fsp3) is 0.500. The van der Waals surface area contributed by atoms with Crippen LogP contribution in [0, 0.1) is 0 Å². The fourth-order valence-electron chi connectivity index (χ4n) is 5.32. The van der Waals surface area contributed by atoms with Crippen LogP contribution in [0.3, 0.4) is 0 Å².